The van der Waals surface area contributed by atoms with Crippen LogP contribution in [0.15, 0.2) is 34.2 Å². The van der Waals surface area contributed by atoms with E-state index in [0.717, 1.165) is 21.3 Å². The molecule has 1 aliphatic rings. The van der Waals surface area contributed by atoms with E-state index in [0.29, 0.717) is 13.1 Å². The zero-order chi connectivity index (χ0) is 16.6. The molecule has 0 bridgehead atoms. The monoisotopic (exact) mass is 327 g/mol. The molecule has 1 aliphatic heterocycles. The van der Waals surface area contributed by atoms with E-state index in [-0.39, 0.29) is 5.91 Å². The van der Waals surface area contributed by atoms with Crippen molar-refractivity contribution in [1.82, 2.24) is 9.47 Å². The third kappa shape index (κ3) is 2.59. The first kappa shape index (κ1) is 15.9. The van der Waals surface area contributed by atoms with Crippen molar-refractivity contribution in [3.63, 3.8) is 0 Å². The molecule has 0 N–H and O–H groups in total. The summed E-state index contributed by atoms with van der Waals surface area (Å²) in [5, 5.41) is 1.99. The van der Waals surface area contributed by atoms with Gasteiger partial charge < -0.3 is 4.57 Å². The summed E-state index contributed by atoms with van der Waals surface area (Å²) in [4.78, 5) is 19.6. The number of aromatic nitrogens is 1. The minimum atomic E-state index is 0.0528. The average Bonchev–Trinajstić information content (AvgIpc) is 2.98. The van der Waals surface area contributed by atoms with E-state index in [2.05, 4.69) is 35.7 Å². The van der Waals surface area contributed by atoms with Crippen LogP contribution in [0.25, 0.3) is 17.0 Å². The number of para-hydroxylation sites is 1. The summed E-state index contributed by atoms with van der Waals surface area (Å²) < 4.78 is 2.17. The van der Waals surface area contributed by atoms with Crippen LogP contribution in [0.4, 0.5) is 0 Å². The number of carbonyl (C=O) groups excluding carboxylic acids is 1. The fourth-order valence-electron chi connectivity index (χ4n) is 2.90. The molecule has 0 radical (unpaired) electrons. The first-order chi connectivity index (χ1) is 11.1. The maximum atomic E-state index is 12.6. The van der Waals surface area contributed by atoms with Crippen LogP contribution < -0.4 is 0 Å². The van der Waals surface area contributed by atoms with Crippen molar-refractivity contribution >= 4 is 39.8 Å². The number of likely N-dealkylation sites (N-methyl/N-ethyl adjacent to an activating group) is 1. The Morgan fingerprint density at radius 1 is 1.26 bits per heavy atom. The number of fused-ring (bicyclic) bond motifs is 1. The first-order valence-electron chi connectivity index (χ1n) is 7.88. The quantitative estimate of drug-likeness (QED) is 0.804. The predicted molar refractivity (Wildman–Crippen MR) is 98.6 cm³/mol. The van der Waals surface area contributed by atoms with Gasteiger partial charge in [-0.25, -0.2) is 0 Å². The Hall–Kier alpha value is -2.01. The van der Waals surface area contributed by atoms with Crippen LogP contribution in [0.2, 0.25) is 0 Å². The normalized spacial score (nSPS) is 18.8. The molecule has 120 valence electrons. The molecular formula is C18H21N3OS. The van der Waals surface area contributed by atoms with Gasteiger partial charge in [0, 0.05) is 42.3 Å². The molecule has 1 fully saturated rings. The third-order valence-corrected chi connectivity index (χ3v) is 5.27. The van der Waals surface area contributed by atoms with Gasteiger partial charge in [0.15, 0.2) is 5.17 Å². The van der Waals surface area contributed by atoms with E-state index in [9.17, 15) is 4.79 Å². The second-order valence-corrected chi connectivity index (χ2v) is 6.50. The predicted octanol–water partition coefficient (Wildman–Crippen LogP) is 3.80. The van der Waals surface area contributed by atoms with Crippen LogP contribution in [0, 0.1) is 6.92 Å². The van der Waals surface area contributed by atoms with Crippen molar-refractivity contribution in [2.75, 3.05) is 13.1 Å². The molecule has 1 amide bonds. The highest BCUT2D eigenvalue weighted by atomic mass is 32.2. The Bertz CT molecular complexity index is 832. The minimum Gasteiger partial charge on any atom is -0.347 e. The number of hydrogen-bond acceptors (Lipinski definition) is 3. The summed E-state index contributed by atoms with van der Waals surface area (Å²) in [6.45, 7) is 7.40. The lowest BCUT2D eigenvalue weighted by Crippen LogP contribution is -2.28. The molecule has 0 atom stereocenters. The Morgan fingerprint density at radius 2 is 2.00 bits per heavy atom. The van der Waals surface area contributed by atoms with E-state index in [1.807, 2.05) is 32.1 Å². The third-order valence-electron chi connectivity index (χ3n) is 4.22. The number of hydrogen-bond donors (Lipinski definition) is 0. The van der Waals surface area contributed by atoms with Gasteiger partial charge in [-0.05, 0) is 44.7 Å². The first-order valence-corrected chi connectivity index (χ1v) is 8.70. The van der Waals surface area contributed by atoms with Gasteiger partial charge in [-0.15, -0.1) is 0 Å². The molecule has 1 aromatic heterocycles. The topological polar surface area (TPSA) is 37.6 Å². The van der Waals surface area contributed by atoms with Crippen LogP contribution in [0.5, 0.6) is 0 Å². The Kier molecular flexibility index (Phi) is 4.31. The van der Waals surface area contributed by atoms with Crippen molar-refractivity contribution in [3.05, 3.63) is 40.4 Å². The van der Waals surface area contributed by atoms with Gasteiger partial charge in [0.25, 0.3) is 5.91 Å². The van der Waals surface area contributed by atoms with Crippen LogP contribution in [0.1, 0.15) is 25.1 Å². The van der Waals surface area contributed by atoms with Crippen LogP contribution in [-0.2, 0) is 11.8 Å². The second kappa shape index (κ2) is 6.24. The zero-order valence-corrected chi connectivity index (χ0v) is 14.8. The summed E-state index contributed by atoms with van der Waals surface area (Å²) in [6, 6.07) is 8.29. The highest BCUT2D eigenvalue weighted by Crippen LogP contribution is 2.35. The van der Waals surface area contributed by atoms with Crippen molar-refractivity contribution < 1.29 is 4.79 Å². The summed E-state index contributed by atoms with van der Waals surface area (Å²) in [5.41, 5.74) is 3.46. The Morgan fingerprint density at radius 3 is 2.70 bits per heavy atom. The lowest BCUT2D eigenvalue weighted by Gasteiger charge is -2.11. The molecule has 0 spiro atoms. The lowest BCUT2D eigenvalue weighted by atomic mass is 10.1. The Labute approximate surface area is 140 Å². The number of aliphatic imine (C=N–C) groups is 1. The van der Waals surface area contributed by atoms with Gasteiger partial charge in [0.2, 0.25) is 0 Å². The van der Waals surface area contributed by atoms with Crippen molar-refractivity contribution in [2.45, 2.75) is 20.8 Å². The van der Waals surface area contributed by atoms with Gasteiger partial charge in [0.1, 0.15) is 0 Å². The molecule has 23 heavy (non-hydrogen) atoms. The molecule has 3 rings (SSSR count). The minimum absolute atomic E-state index is 0.0528. The number of amides is 1. The molecule has 4 nitrogen and oxygen atoms in total. The Balaban J connectivity index is 2.11. The number of amidine groups is 1. The molecule has 1 aromatic carbocycles. The summed E-state index contributed by atoms with van der Waals surface area (Å²) >= 11 is 1.48. The summed E-state index contributed by atoms with van der Waals surface area (Å²) in [6.07, 6.45) is 2.02. The van der Waals surface area contributed by atoms with E-state index in [1.165, 1.54) is 22.7 Å². The van der Waals surface area contributed by atoms with E-state index in [4.69, 9.17) is 0 Å². The smallest absolute Gasteiger partial charge is 0.266 e. The van der Waals surface area contributed by atoms with Crippen molar-refractivity contribution in [1.29, 1.82) is 0 Å². The van der Waals surface area contributed by atoms with Gasteiger partial charge in [-0.3, -0.25) is 14.7 Å². The summed E-state index contributed by atoms with van der Waals surface area (Å²) in [7, 11) is 2.06. The number of nitrogens with zero attached hydrogens (tertiary/aromatic N) is 3. The number of rotatable bonds is 3. The molecule has 0 aliphatic carbocycles. The number of benzene rings is 1. The molecule has 2 aromatic rings. The van der Waals surface area contributed by atoms with E-state index in [1.54, 1.807) is 4.90 Å². The molecule has 5 heteroatoms. The van der Waals surface area contributed by atoms with E-state index >= 15 is 0 Å². The fraction of sp³-hybridized carbons (Fsp3) is 0.333. The van der Waals surface area contributed by atoms with Gasteiger partial charge in [0.05, 0.1) is 4.91 Å². The van der Waals surface area contributed by atoms with E-state index < -0.39 is 0 Å². The fourth-order valence-corrected chi connectivity index (χ4v) is 3.99. The maximum absolute atomic E-state index is 12.6. The second-order valence-electron chi connectivity index (χ2n) is 5.49. The molecule has 0 unspecified atom stereocenters. The summed E-state index contributed by atoms with van der Waals surface area (Å²) in [5.74, 6) is 0.0528. The number of carbonyl (C=O) groups is 1. The highest BCUT2D eigenvalue weighted by molar-refractivity contribution is 8.18. The molecule has 1 saturated heterocycles. The standard InChI is InChI=1S/C18H21N3OS/c1-5-19-18-21(6-2)17(22)16(23-18)11-14-12(3)20(4)15-10-8-7-9-13(14)15/h7-11H,5-6H2,1-4H3/b16-11+,19-18?. The molecule has 2 heterocycles. The maximum Gasteiger partial charge on any atom is 0.266 e. The SMILES string of the molecule is CCN=C1S/C(=C/c2c(C)n(C)c3ccccc23)C(=O)N1CC. The molecular weight excluding hydrogens is 306 g/mol. The molecule has 0 saturated carbocycles. The van der Waals surface area contributed by atoms with Crippen molar-refractivity contribution in [2.24, 2.45) is 12.0 Å². The van der Waals surface area contributed by atoms with Crippen LogP contribution in [0.3, 0.4) is 0 Å². The van der Waals surface area contributed by atoms with Crippen molar-refractivity contribution in [3.8, 4) is 0 Å². The lowest BCUT2D eigenvalue weighted by molar-refractivity contribution is -0.122. The number of thioether (sulfide) groups is 1. The van der Waals surface area contributed by atoms with Crippen LogP contribution in [-0.4, -0.2) is 33.6 Å². The number of aryl methyl sites for hydroxylation is 1. The zero-order valence-electron chi connectivity index (χ0n) is 14.0. The average molecular weight is 327 g/mol. The van der Waals surface area contributed by atoms with Gasteiger partial charge >= 0.3 is 0 Å². The van der Waals surface area contributed by atoms with Gasteiger partial charge in [-0.1, -0.05) is 18.2 Å². The van der Waals surface area contributed by atoms with Crippen LogP contribution >= 0.6 is 11.8 Å². The largest absolute Gasteiger partial charge is 0.347 e. The highest BCUT2D eigenvalue weighted by Gasteiger charge is 2.32. The van der Waals surface area contributed by atoms with Gasteiger partial charge in [-0.2, -0.15) is 0 Å².